The molecule has 1 aliphatic rings. The Kier molecular flexibility index (Phi) is 3.72. The zero-order chi connectivity index (χ0) is 14.9. The van der Waals surface area contributed by atoms with Crippen molar-refractivity contribution in [3.8, 4) is 0 Å². The molecule has 0 aromatic heterocycles. The number of halogens is 3. The van der Waals surface area contributed by atoms with Crippen LogP contribution in [0, 0.1) is 0 Å². The van der Waals surface area contributed by atoms with E-state index < -0.39 is 12.2 Å². The molecule has 1 aliphatic carbocycles. The first-order valence-corrected chi connectivity index (χ1v) is 6.98. The largest absolute Gasteiger partial charge is 0.407 e. The van der Waals surface area contributed by atoms with Crippen LogP contribution in [0.2, 0.25) is 0 Å². The van der Waals surface area contributed by atoms with E-state index in [4.69, 9.17) is 0 Å². The van der Waals surface area contributed by atoms with E-state index in [1.165, 1.54) is 23.3 Å². The van der Waals surface area contributed by atoms with Crippen molar-refractivity contribution in [2.24, 2.45) is 0 Å². The van der Waals surface area contributed by atoms with Crippen LogP contribution in [0.5, 0.6) is 0 Å². The lowest BCUT2D eigenvalue weighted by Gasteiger charge is -2.32. The van der Waals surface area contributed by atoms with Crippen LogP contribution in [0.1, 0.15) is 28.7 Å². The van der Waals surface area contributed by atoms with Gasteiger partial charge in [-0.25, -0.2) is 0 Å². The maximum Gasteiger partial charge on any atom is 0.407 e. The lowest BCUT2D eigenvalue weighted by molar-refractivity contribution is -0.157. The third-order valence-electron chi connectivity index (χ3n) is 3.99. The molecule has 0 radical (unpaired) electrons. The fourth-order valence-electron chi connectivity index (χ4n) is 2.87. The quantitative estimate of drug-likeness (QED) is 0.889. The molecule has 21 heavy (non-hydrogen) atoms. The molecule has 110 valence electrons. The van der Waals surface area contributed by atoms with Gasteiger partial charge >= 0.3 is 6.18 Å². The van der Waals surface area contributed by atoms with E-state index in [2.05, 4.69) is 5.32 Å². The van der Waals surface area contributed by atoms with Crippen LogP contribution in [0.3, 0.4) is 0 Å². The molecule has 0 fully saturated rings. The Morgan fingerprint density at radius 2 is 1.67 bits per heavy atom. The molecule has 1 N–H and O–H groups in total. The van der Waals surface area contributed by atoms with Crippen LogP contribution in [-0.2, 0) is 6.42 Å². The first-order chi connectivity index (χ1) is 10.1. The molecule has 0 saturated heterocycles. The van der Waals surface area contributed by atoms with Gasteiger partial charge in [-0.15, -0.1) is 0 Å². The van der Waals surface area contributed by atoms with Gasteiger partial charge < -0.3 is 5.32 Å². The number of hydrogen-bond acceptors (Lipinski definition) is 1. The third-order valence-corrected chi connectivity index (χ3v) is 3.99. The van der Waals surface area contributed by atoms with Gasteiger partial charge in [0.1, 0.15) is 6.04 Å². The summed E-state index contributed by atoms with van der Waals surface area (Å²) >= 11 is 0. The van der Waals surface area contributed by atoms with E-state index in [1.54, 1.807) is 18.2 Å². The molecule has 1 nitrogen and oxygen atoms in total. The maximum atomic E-state index is 13.2. The molecule has 0 aliphatic heterocycles. The Balaban J connectivity index is 1.70. The summed E-state index contributed by atoms with van der Waals surface area (Å²) in [6, 6.07) is 14.3. The number of rotatable bonds is 4. The molecule has 2 aromatic carbocycles. The molecule has 4 heteroatoms. The van der Waals surface area contributed by atoms with Crippen LogP contribution < -0.4 is 5.32 Å². The van der Waals surface area contributed by atoms with Crippen molar-refractivity contribution >= 4 is 0 Å². The van der Waals surface area contributed by atoms with Gasteiger partial charge in [0, 0.05) is 12.5 Å². The third kappa shape index (κ3) is 2.95. The first kappa shape index (κ1) is 14.1. The van der Waals surface area contributed by atoms with Crippen LogP contribution in [0.4, 0.5) is 13.2 Å². The van der Waals surface area contributed by atoms with Gasteiger partial charge in [0.2, 0.25) is 0 Å². The molecule has 0 saturated carbocycles. The predicted molar refractivity (Wildman–Crippen MR) is 76.1 cm³/mol. The normalized spacial score (nSPS) is 18.7. The summed E-state index contributed by atoms with van der Waals surface area (Å²) in [5.41, 5.74) is 2.67. The van der Waals surface area contributed by atoms with Gasteiger partial charge in [-0.05, 0) is 23.1 Å². The summed E-state index contributed by atoms with van der Waals surface area (Å²) in [7, 11) is 0. The second-order valence-corrected chi connectivity index (χ2v) is 5.39. The van der Waals surface area contributed by atoms with E-state index >= 15 is 0 Å². The fourth-order valence-corrected chi connectivity index (χ4v) is 2.87. The van der Waals surface area contributed by atoms with Gasteiger partial charge in [0.25, 0.3) is 0 Å². The summed E-state index contributed by atoms with van der Waals surface area (Å²) in [5, 5.41) is 2.69. The van der Waals surface area contributed by atoms with E-state index in [0.29, 0.717) is 6.54 Å². The Bertz CT molecular complexity index is 607. The standard InChI is InChI=1S/C17H16F3N/c18-17(19,20)16(12-6-2-1-3-7-12)21-11-14-10-13-8-4-5-9-15(13)14/h1-9,14,16,21H,10-11H2. The summed E-state index contributed by atoms with van der Waals surface area (Å²) in [4.78, 5) is 0. The van der Waals surface area contributed by atoms with E-state index in [9.17, 15) is 13.2 Å². The minimum Gasteiger partial charge on any atom is -0.302 e. The minimum absolute atomic E-state index is 0.176. The molecule has 0 amide bonds. The zero-order valence-electron chi connectivity index (χ0n) is 11.4. The number of fused-ring (bicyclic) bond motifs is 1. The lowest BCUT2D eigenvalue weighted by atomic mass is 9.77. The van der Waals surface area contributed by atoms with Crippen molar-refractivity contribution in [1.82, 2.24) is 5.32 Å². The van der Waals surface area contributed by atoms with Crippen molar-refractivity contribution < 1.29 is 13.2 Å². The number of hydrogen-bond donors (Lipinski definition) is 1. The van der Waals surface area contributed by atoms with E-state index in [0.717, 1.165) is 6.42 Å². The van der Waals surface area contributed by atoms with Crippen molar-refractivity contribution in [3.05, 3.63) is 71.3 Å². The highest BCUT2D eigenvalue weighted by Crippen LogP contribution is 2.37. The smallest absolute Gasteiger partial charge is 0.302 e. The molecule has 0 heterocycles. The Morgan fingerprint density at radius 1 is 1.00 bits per heavy atom. The molecular formula is C17H16F3N. The highest BCUT2D eigenvalue weighted by molar-refractivity contribution is 5.40. The van der Waals surface area contributed by atoms with Crippen LogP contribution in [0.15, 0.2) is 54.6 Å². The summed E-state index contributed by atoms with van der Waals surface area (Å²) < 4.78 is 39.6. The van der Waals surface area contributed by atoms with Crippen molar-refractivity contribution in [2.75, 3.05) is 6.54 Å². The van der Waals surface area contributed by atoms with Crippen molar-refractivity contribution in [1.29, 1.82) is 0 Å². The van der Waals surface area contributed by atoms with Gasteiger partial charge in [-0.1, -0.05) is 54.6 Å². The monoisotopic (exact) mass is 291 g/mol. The SMILES string of the molecule is FC(F)(F)C(NCC1Cc2ccccc21)c1ccccc1. The van der Waals surface area contributed by atoms with E-state index in [-0.39, 0.29) is 11.5 Å². The Labute approximate surface area is 121 Å². The van der Waals surface area contributed by atoms with Gasteiger partial charge in [0.15, 0.2) is 0 Å². The highest BCUT2D eigenvalue weighted by atomic mass is 19.4. The average molecular weight is 291 g/mol. The molecule has 2 atom stereocenters. The Morgan fingerprint density at radius 3 is 2.33 bits per heavy atom. The van der Waals surface area contributed by atoms with Gasteiger partial charge in [-0.3, -0.25) is 0 Å². The second kappa shape index (κ2) is 5.53. The molecule has 3 rings (SSSR count). The number of alkyl halides is 3. The molecular weight excluding hydrogens is 275 g/mol. The van der Waals surface area contributed by atoms with Crippen molar-refractivity contribution in [3.63, 3.8) is 0 Å². The van der Waals surface area contributed by atoms with E-state index in [1.807, 2.05) is 24.3 Å². The van der Waals surface area contributed by atoms with Crippen LogP contribution in [0.25, 0.3) is 0 Å². The average Bonchev–Trinajstić information content (AvgIpc) is 2.43. The van der Waals surface area contributed by atoms with Gasteiger partial charge in [0.05, 0.1) is 0 Å². The maximum absolute atomic E-state index is 13.2. The number of benzene rings is 2. The molecule has 2 unspecified atom stereocenters. The second-order valence-electron chi connectivity index (χ2n) is 5.39. The summed E-state index contributed by atoms with van der Waals surface area (Å²) in [6.07, 6.45) is -3.44. The topological polar surface area (TPSA) is 12.0 Å². The molecule has 0 bridgehead atoms. The number of nitrogens with one attached hydrogen (secondary N) is 1. The fraction of sp³-hybridized carbons (Fsp3) is 0.294. The molecule has 2 aromatic rings. The highest BCUT2D eigenvalue weighted by Gasteiger charge is 2.41. The minimum atomic E-state index is -4.29. The van der Waals surface area contributed by atoms with Crippen LogP contribution >= 0.6 is 0 Å². The zero-order valence-corrected chi connectivity index (χ0v) is 11.4. The summed E-state index contributed by atoms with van der Waals surface area (Å²) in [6.45, 7) is 0.343. The lowest BCUT2D eigenvalue weighted by Crippen LogP contribution is -2.38. The first-order valence-electron chi connectivity index (χ1n) is 6.98. The summed E-state index contributed by atoms with van der Waals surface area (Å²) in [5.74, 6) is 0.176. The van der Waals surface area contributed by atoms with Crippen molar-refractivity contribution in [2.45, 2.75) is 24.6 Å². The van der Waals surface area contributed by atoms with Gasteiger partial charge in [-0.2, -0.15) is 13.2 Å². The van der Waals surface area contributed by atoms with Crippen LogP contribution in [-0.4, -0.2) is 12.7 Å². The molecule has 0 spiro atoms. The Hall–Kier alpha value is -1.81. The predicted octanol–water partition coefficient (Wildman–Crippen LogP) is 4.22.